The number of amides is 1. The van der Waals surface area contributed by atoms with Gasteiger partial charge in [-0.15, -0.1) is 0 Å². The molecule has 1 unspecified atom stereocenters. The van der Waals surface area contributed by atoms with Gasteiger partial charge in [0.2, 0.25) is 0 Å². The van der Waals surface area contributed by atoms with E-state index in [2.05, 4.69) is 17.6 Å². The minimum Gasteiger partial charge on any atom is -0.495 e. The van der Waals surface area contributed by atoms with Gasteiger partial charge in [0.15, 0.2) is 0 Å². The average Bonchev–Trinajstić information content (AvgIpc) is 2.67. The van der Waals surface area contributed by atoms with Gasteiger partial charge < -0.3 is 15.4 Å². The summed E-state index contributed by atoms with van der Waals surface area (Å²) in [6.07, 6.45) is 9.70. The first-order valence-corrected chi connectivity index (χ1v) is 10.7. The number of hydrogen-bond acceptors (Lipinski definition) is 4. The number of carbonyl (C=O) groups excluding carboxylic acids is 1. The molecule has 1 amide bonds. The lowest BCUT2D eigenvalue weighted by Gasteiger charge is -2.59. The SMILES string of the molecule is COc1ccc(C)cc1NC(=O)/C(C#N)=C\NC(C)C12CC3CC(CC(C3)C1)C2. The van der Waals surface area contributed by atoms with Crippen molar-refractivity contribution in [2.75, 3.05) is 12.4 Å². The molecule has 0 aliphatic heterocycles. The van der Waals surface area contributed by atoms with Crippen LogP contribution in [0.15, 0.2) is 30.0 Å². The fourth-order valence-corrected chi connectivity index (χ4v) is 6.35. The van der Waals surface area contributed by atoms with Crippen molar-refractivity contribution < 1.29 is 9.53 Å². The topological polar surface area (TPSA) is 74.1 Å². The van der Waals surface area contributed by atoms with Gasteiger partial charge in [-0.2, -0.15) is 5.26 Å². The molecule has 0 aromatic heterocycles. The number of rotatable bonds is 6. The van der Waals surface area contributed by atoms with Crippen LogP contribution in [-0.4, -0.2) is 19.1 Å². The van der Waals surface area contributed by atoms with E-state index in [1.807, 2.05) is 31.2 Å². The molecule has 4 aliphatic rings. The minimum atomic E-state index is -0.415. The zero-order valence-electron chi connectivity index (χ0n) is 17.6. The molecule has 1 aromatic rings. The van der Waals surface area contributed by atoms with E-state index >= 15 is 0 Å². The quantitative estimate of drug-likeness (QED) is 0.549. The van der Waals surface area contributed by atoms with Crippen LogP contribution in [0, 0.1) is 41.4 Å². The molecule has 0 saturated heterocycles. The summed E-state index contributed by atoms with van der Waals surface area (Å²) in [7, 11) is 1.57. The average molecular weight is 394 g/mol. The van der Waals surface area contributed by atoms with E-state index in [1.54, 1.807) is 13.3 Å². The van der Waals surface area contributed by atoms with Crippen LogP contribution in [0.1, 0.15) is 51.0 Å². The lowest BCUT2D eigenvalue weighted by Crippen LogP contribution is -2.54. The standard InChI is InChI=1S/C24H31N3O2/c1-15-4-5-22(29-3)21(6-15)27-23(28)20(13-25)14-26-16(2)24-10-17-7-18(11-24)9-19(8-17)12-24/h4-6,14,16-19,26H,7-12H2,1-3H3,(H,27,28)/b20-14-. The van der Waals surface area contributed by atoms with E-state index in [1.165, 1.54) is 38.5 Å². The Hall–Kier alpha value is -2.48. The predicted molar refractivity (Wildman–Crippen MR) is 113 cm³/mol. The van der Waals surface area contributed by atoms with Gasteiger partial charge in [0.25, 0.3) is 5.91 Å². The summed E-state index contributed by atoms with van der Waals surface area (Å²) in [4.78, 5) is 12.7. The summed E-state index contributed by atoms with van der Waals surface area (Å²) < 4.78 is 5.32. The van der Waals surface area contributed by atoms with E-state index in [4.69, 9.17) is 4.74 Å². The van der Waals surface area contributed by atoms with Crippen LogP contribution in [-0.2, 0) is 4.79 Å². The number of nitrogens with zero attached hydrogens (tertiary/aromatic N) is 1. The Balaban J connectivity index is 1.45. The van der Waals surface area contributed by atoms with Crippen LogP contribution >= 0.6 is 0 Å². The van der Waals surface area contributed by atoms with Crippen molar-refractivity contribution in [1.29, 1.82) is 5.26 Å². The number of hydrogen-bond donors (Lipinski definition) is 2. The van der Waals surface area contributed by atoms with Gasteiger partial charge in [-0.05, 0) is 93.2 Å². The highest BCUT2D eigenvalue weighted by Gasteiger charge is 2.53. The molecule has 5 rings (SSSR count). The van der Waals surface area contributed by atoms with Gasteiger partial charge in [0, 0.05) is 12.2 Å². The van der Waals surface area contributed by atoms with Crippen molar-refractivity contribution >= 4 is 11.6 Å². The van der Waals surface area contributed by atoms with E-state index in [9.17, 15) is 10.1 Å². The van der Waals surface area contributed by atoms with Gasteiger partial charge in [-0.1, -0.05) is 6.07 Å². The molecule has 1 aromatic carbocycles. The maximum absolute atomic E-state index is 12.7. The highest BCUT2D eigenvalue weighted by Crippen LogP contribution is 2.61. The van der Waals surface area contributed by atoms with Crippen molar-refractivity contribution in [3.05, 3.63) is 35.5 Å². The molecule has 4 fully saturated rings. The molecule has 1 atom stereocenters. The molecule has 29 heavy (non-hydrogen) atoms. The fourth-order valence-electron chi connectivity index (χ4n) is 6.35. The van der Waals surface area contributed by atoms with Gasteiger partial charge in [0.05, 0.1) is 12.8 Å². The summed E-state index contributed by atoms with van der Waals surface area (Å²) in [5.41, 5.74) is 2.00. The van der Waals surface area contributed by atoms with Crippen LogP contribution in [0.4, 0.5) is 5.69 Å². The number of carbonyl (C=O) groups is 1. The summed E-state index contributed by atoms with van der Waals surface area (Å²) >= 11 is 0. The lowest BCUT2D eigenvalue weighted by molar-refractivity contribution is -0.112. The second-order valence-corrected chi connectivity index (χ2v) is 9.50. The maximum Gasteiger partial charge on any atom is 0.267 e. The van der Waals surface area contributed by atoms with E-state index in [-0.39, 0.29) is 11.6 Å². The zero-order valence-corrected chi connectivity index (χ0v) is 17.6. The highest BCUT2D eigenvalue weighted by molar-refractivity contribution is 6.07. The second kappa shape index (κ2) is 7.74. The molecule has 4 aliphatic carbocycles. The summed E-state index contributed by atoms with van der Waals surface area (Å²) in [5.74, 6) is 2.80. The number of nitrogens with one attached hydrogen (secondary N) is 2. The monoisotopic (exact) mass is 393 g/mol. The largest absolute Gasteiger partial charge is 0.495 e. The Morgan fingerprint density at radius 1 is 1.24 bits per heavy atom. The molecule has 5 heteroatoms. The fraction of sp³-hybridized carbons (Fsp3) is 0.583. The molecule has 4 saturated carbocycles. The van der Waals surface area contributed by atoms with Crippen LogP contribution in [0.25, 0.3) is 0 Å². The Kier molecular flexibility index (Phi) is 5.29. The van der Waals surface area contributed by atoms with Gasteiger partial charge in [0.1, 0.15) is 17.4 Å². The molecule has 4 bridgehead atoms. The summed E-state index contributed by atoms with van der Waals surface area (Å²) in [6, 6.07) is 7.89. The van der Waals surface area contributed by atoms with E-state index in [0.717, 1.165) is 23.3 Å². The van der Waals surface area contributed by atoms with Gasteiger partial charge >= 0.3 is 0 Å². The molecule has 5 nitrogen and oxygen atoms in total. The van der Waals surface area contributed by atoms with Crippen molar-refractivity contribution in [2.45, 2.75) is 58.4 Å². The van der Waals surface area contributed by atoms with Gasteiger partial charge in [-0.3, -0.25) is 4.79 Å². The van der Waals surface area contributed by atoms with Crippen LogP contribution in [0.5, 0.6) is 5.75 Å². The van der Waals surface area contributed by atoms with Crippen LogP contribution in [0.3, 0.4) is 0 Å². The van der Waals surface area contributed by atoms with E-state index in [0.29, 0.717) is 16.9 Å². The van der Waals surface area contributed by atoms with Crippen LogP contribution < -0.4 is 15.4 Å². The Bertz CT molecular complexity index is 832. The molecule has 0 heterocycles. The highest BCUT2D eigenvalue weighted by atomic mass is 16.5. The first-order chi connectivity index (χ1) is 13.9. The number of nitriles is 1. The third kappa shape index (κ3) is 3.85. The van der Waals surface area contributed by atoms with Gasteiger partial charge in [-0.25, -0.2) is 0 Å². The van der Waals surface area contributed by atoms with Crippen molar-refractivity contribution in [1.82, 2.24) is 5.32 Å². The molecule has 0 spiro atoms. The maximum atomic E-state index is 12.7. The lowest BCUT2D eigenvalue weighted by atomic mass is 9.48. The summed E-state index contributed by atoms with van der Waals surface area (Å²) in [6.45, 7) is 4.17. The van der Waals surface area contributed by atoms with Crippen LogP contribution in [0.2, 0.25) is 0 Å². The number of anilines is 1. The number of benzene rings is 1. The first kappa shape index (κ1) is 19.8. The molecule has 2 N–H and O–H groups in total. The molecule has 0 radical (unpaired) electrons. The number of aryl methyl sites for hydroxylation is 1. The van der Waals surface area contributed by atoms with Crippen molar-refractivity contribution in [3.8, 4) is 11.8 Å². The molecular weight excluding hydrogens is 362 g/mol. The Labute approximate surface area is 173 Å². The first-order valence-electron chi connectivity index (χ1n) is 10.7. The smallest absolute Gasteiger partial charge is 0.267 e. The summed E-state index contributed by atoms with van der Waals surface area (Å²) in [5, 5.41) is 15.8. The third-order valence-electron chi connectivity index (χ3n) is 7.45. The number of ether oxygens (including phenoxy) is 1. The molecule has 154 valence electrons. The Morgan fingerprint density at radius 3 is 2.41 bits per heavy atom. The predicted octanol–water partition coefficient (Wildman–Crippen LogP) is 4.54. The third-order valence-corrected chi connectivity index (χ3v) is 7.45. The number of methoxy groups -OCH3 is 1. The molecular formula is C24H31N3O2. The Morgan fingerprint density at radius 2 is 1.86 bits per heavy atom. The van der Waals surface area contributed by atoms with Crippen molar-refractivity contribution in [2.24, 2.45) is 23.2 Å². The van der Waals surface area contributed by atoms with E-state index < -0.39 is 5.91 Å². The minimum absolute atomic E-state index is 0.0881. The normalized spacial score (nSPS) is 31.1. The second-order valence-electron chi connectivity index (χ2n) is 9.50. The zero-order chi connectivity index (χ0) is 20.6. The van der Waals surface area contributed by atoms with Crippen molar-refractivity contribution in [3.63, 3.8) is 0 Å².